The Kier molecular flexibility index (Phi) is 10.0. The number of halogens is 2. The SMILES string of the molecule is Brc1ccc(C(=CN(c2ccccc2)c2ccc(C=CC=C(c3ccccc3)c3ccccc3)cc2)c2ccc(Br)cc2)cc1. The molecule has 0 unspecified atom stereocenters. The standard InChI is InChI=1S/C42H31Br2N/c43-37-25-21-35(22-26-37)42(36-23-27-38(44)28-24-36)31-45(39-16-8-3-9-17-39)40-29-19-32(20-30-40)11-10-18-41(33-12-4-1-5-13-33)34-14-6-2-7-15-34/h1-31H. The van der Waals surface area contributed by atoms with Crippen LogP contribution in [0.3, 0.4) is 0 Å². The van der Waals surface area contributed by atoms with E-state index >= 15 is 0 Å². The van der Waals surface area contributed by atoms with Crippen LogP contribution in [0.5, 0.6) is 0 Å². The van der Waals surface area contributed by atoms with Gasteiger partial charge in [-0.05, 0) is 81.9 Å². The third kappa shape index (κ3) is 7.88. The fraction of sp³-hybridized carbons (Fsp3) is 0. The highest BCUT2D eigenvalue weighted by atomic mass is 79.9. The summed E-state index contributed by atoms with van der Waals surface area (Å²) in [6, 6.07) is 57.3. The first kappa shape index (κ1) is 30.3. The first-order chi connectivity index (χ1) is 22.1. The quantitative estimate of drug-likeness (QED) is 0.135. The summed E-state index contributed by atoms with van der Waals surface area (Å²) in [6.45, 7) is 0. The van der Waals surface area contributed by atoms with Crippen molar-refractivity contribution in [3.05, 3.63) is 219 Å². The van der Waals surface area contributed by atoms with Crippen LogP contribution >= 0.6 is 31.9 Å². The van der Waals surface area contributed by atoms with Crippen molar-refractivity contribution >= 4 is 60.5 Å². The van der Waals surface area contributed by atoms with Gasteiger partial charge in [0.05, 0.1) is 0 Å². The zero-order chi connectivity index (χ0) is 30.8. The van der Waals surface area contributed by atoms with Gasteiger partial charge in [-0.25, -0.2) is 0 Å². The molecule has 0 fully saturated rings. The van der Waals surface area contributed by atoms with E-state index in [-0.39, 0.29) is 0 Å². The number of anilines is 2. The van der Waals surface area contributed by atoms with E-state index in [2.05, 4.69) is 225 Å². The van der Waals surface area contributed by atoms with Gasteiger partial charge in [-0.2, -0.15) is 0 Å². The van der Waals surface area contributed by atoms with Crippen LogP contribution in [0.25, 0.3) is 17.2 Å². The third-order valence-electron chi connectivity index (χ3n) is 7.50. The summed E-state index contributed by atoms with van der Waals surface area (Å²) in [4.78, 5) is 2.26. The molecule has 0 saturated heterocycles. The number of allylic oxidation sites excluding steroid dienone is 2. The van der Waals surface area contributed by atoms with Gasteiger partial charge in [-0.3, -0.25) is 0 Å². The lowest BCUT2D eigenvalue weighted by atomic mass is 9.97. The minimum atomic E-state index is 1.06. The molecule has 45 heavy (non-hydrogen) atoms. The van der Waals surface area contributed by atoms with Crippen LogP contribution in [0.2, 0.25) is 0 Å². The minimum Gasteiger partial charge on any atom is -0.317 e. The molecule has 6 rings (SSSR count). The molecule has 0 aliphatic heterocycles. The van der Waals surface area contributed by atoms with Gasteiger partial charge in [0.1, 0.15) is 0 Å². The summed E-state index contributed by atoms with van der Waals surface area (Å²) in [6.07, 6.45) is 8.73. The Bertz CT molecular complexity index is 1820. The van der Waals surface area contributed by atoms with Crippen molar-refractivity contribution < 1.29 is 0 Å². The van der Waals surface area contributed by atoms with Crippen molar-refractivity contribution in [2.45, 2.75) is 0 Å². The predicted molar refractivity (Wildman–Crippen MR) is 199 cm³/mol. The molecule has 6 aromatic carbocycles. The topological polar surface area (TPSA) is 3.24 Å². The van der Waals surface area contributed by atoms with Crippen molar-refractivity contribution in [1.29, 1.82) is 0 Å². The van der Waals surface area contributed by atoms with E-state index in [1.54, 1.807) is 0 Å². The van der Waals surface area contributed by atoms with Gasteiger partial charge in [0.2, 0.25) is 0 Å². The molecule has 0 amide bonds. The summed E-state index contributed by atoms with van der Waals surface area (Å²) < 4.78 is 2.11. The number of nitrogens with zero attached hydrogens (tertiary/aromatic N) is 1. The Labute approximate surface area is 282 Å². The van der Waals surface area contributed by atoms with Gasteiger partial charge in [0, 0.05) is 32.1 Å². The monoisotopic (exact) mass is 707 g/mol. The Morgan fingerprint density at radius 3 is 1.33 bits per heavy atom. The minimum absolute atomic E-state index is 1.06. The molecule has 218 valence electrons. The Hall–Kier alpha value is -4.70. The molecule has 0 spiro atoms. The lowest BCUT2D eigenvalue weighted by Gasteiger charge is -2.23. The van der Waals surface area contributed by atoms with Gasteiger partial charge in [-0.15, -0.1) is 0 Å². The highest BCUT2D eigenvalue weighted by molar-refractivity contribution is 9.10. The van der Waals surface area contributed by atoms with Crippen LogP contribution in [0.4, 0.5) is 11.4 Å². The lowest BCUT2D eigenvalue weighted by Crippen LogP contribution is -2.10. The van der Waals surface area contributed by atoms with Crippen molar-refractivity contribution in [1.82, 2.24) is 0 Å². The van der Waals surface area contributed by atoms with Crippen LogP contribution in [-0.4, -0.2) is 0 Å². The molecule has 0 heterocycles. The molecule has 0 aromatic heterocycles. The van der Waals surface area contributed by atoms with Gasteiger partial charge in [0.15, 0.2) is 0 Å². The number of benzene rings is 6. The molecule has 1 nitrogen and oxygen atoms in total. The first-order valence-electron chi connectivity index (χ1n) is 14.8. The number of rotatable bonds is 9. The smallest absolute Gasteiger partial charge is 0.0456 e. The third-order valence-corrected chi connectivity index (χ3v) is 8.55. The number of hydrogen-bond acceptors (Lipinski definition) is 1. The van der Waals surface area contributed by atoms with E-state index in [1.807, 2.05) is 0 Å². The number of para-hydroxylation sites is 1. The second-order valence-corrected chi connectivity index (χ2v) is 12.4. The summed E-state index contributed by atoms with van der Waals surface area (Å²) in [7, 11) is 0. The van der Waals surface area contributed by atoms with E-state index in [9.17, 15) is 0 Å². The zero-order valence-corrected chi connectivity index (χ0v) is 27.8. The van der Waals surface area contributed by atoms with Crippen LogP contribution in [0, 0.1) is 0 Å². The Morgan fingerprint density at radius 1 is 0.422 bits per heavy atom. The second-order valence-electron chi connectivity index (χ2n) is 10.5. The van der Waals surface area contributed by atoms with Crippen molar-refractivity contribution in [3.63, 3.8) is 0 Å². The average Bonchev–Trinajstić information content (AvgIpc) is 3.10. The lowest BCUT2D eigenvalue weighted by molar-refractivity contribution is 1.28. The maximum Gasteiger partial charge on any atom is 0.0456 e. The van der Waals surface area contributed by atoms with E-state index in [0.717, 1.165) is 42.6 Å². The van der Waals surface area contributed by atoms with E-state index < -0.39 is 0 Å². The molecule has 0 bridgehead atoms. The summed E-state index contributed by atoms with van der Waals surface area (Å²) in [5.41, 5.74) is 10.3. The molecule has 0 atom stereocenters. The van der Waals surface area contributed by atoms with Gasteiger partial charge in [0.25, 0.3) is 0 Å². The summed E-state index contributed by atoms with van der Waals surface area (Å²) >= 11 is 7.19. The number of hydrogen-bond donors (Lipinski definition) is 0. The summed E-state index contributed by atoms with van der Waals surface area (Å²) in [5.74, 6) is 0. The van der Waals surface area contributed by atoms with Crippen molar-refractivity contribution in [2.75, 3.05) is 4.90 Å². The molecule has 6 aromatic rings. The van der Waals surface area contributed by atoms with Crippen LogP contribution in [0.1, 0.15) is 27.8 Å². The highest BCUT2D eigenvalue weighted by Crippen LogP contribution is 2.33. The van der Waals surface area contributed by atoms with E-state index in [4.69, 9.17) is 0 Å². The normalized spacial score (nSPS) is 10.8. The molecule has 0 N–H and O–H groups in total. The first-order valence-corrected chi connectivity index (χ1v) is 16.4. The predicted octanol–water partition coefficient (Wildman–Crippen LogP) is 12.6. The van der Waals surface area contributed by atoms with E-state index in [0.29, 0.717) is 0 Å². The molecule has 0 saturated carbocycles. The highest BCUT2D eigenvalue weighted by Gasteiger charge is 2.12. The molecule has 0 aliphatic carbocycles. The van der Waals surface area contributed by atoms with Crippen molar-refractivity contribution in [2.24, 2.45) is 0 Å². The Balaban J connectivity index is 1.35. The van der Waals surface area contributed by atoms with Gasteiger partial charge < -0.3 is 4.90 Å². The van der Waals surface area contributed by atoms with Gasteiger partial charge >= 0.3 is 0 Å². The zero-order valence-electron chi connectivity index (χ0n) is 24.6. The second kappa shape index (κ2) is 14.9. The summed E-state index contributed by atoms with van der Waals surface area (Å²) in [5, 5.41) is 0. The van der Waals surface area contributed by atoms with Crippen molar-refractivity contribution in [3.8, 4) is 0 Å². The molecule has 3 heteroatoms. The van der Waals surface area contributed by atoms with Crippen LogP contribution < -0.4 is 4.90 Å². The largest absolute Gasteiger partial charge is 0.317 e. The maximum absolute atomic E-state index is 3.60. The molecular weight excluding hydrogens is 678 g/mol. The fourth-order valence-corrected chi connectivity index (χ4v) is 5.72. The fourth-order valence-electron chi connectivity index (χ4n) is 5.19. The Morgan fingerprint density at radius 2 is 0.844 bits per heavy atom. The van der Waals surface area contributed by atoms with Gasteiger partial charge in [-0.1, -0.05) is 165 Å². The average molecular weight is 710 g/mol. The van der Waals surface area contributed by atoms with E-state index in [1.165, 1.54) is 16.7 Å². The van der Waals surface area contributed by atoms with Crippen LogP contribution in [0.15, 0.2) is 191 Å². The maximum atomic E-state index is 3.60. The molecular formula is C42H31Br2N. The van der Waals surface area contributed by atoms with Crippen LogP contribution in [-0.2, 0) is 0 Å². The molecule has 0 aliphatic rings. The molecule has 0 radical (unpaired) electrons.